The average molecular weight is 152 g/mol. The fourth-order valence-corrected chi connectivity index (χ4v) is 0.867. The van der Waals surface area contributed by atoms with Crippen LogP contribution in [0.5, 0.6) is 0 Å². The van der Waals surface area contributed by atoms with E-state index in [1.54, 1.807) is 18.2 Å². The summed E-state index contributed by atoms with van der Waals surface area (Å²) in [5.74, 6) is -1.00. The predicted molar refractivity (Wildman–Crippen MR) is 39.3 cm³/mol. The first kappa shape index (κ1) is 7.75. The largest absolute Gasteiger partial charge is 0.478 e. The highest BCUT2D eigenvalue weighted by Crippen LogP contribution is 2.07. The van der Waals surface area contributed by atoms with Gasteiger partial charge in [-0.3, -0.25) is 0 Å². The molecule has 0 spiro atoms. The second-order valence-electron chi connectivity index (χ2n) is 2.12. The average Bonchev–Trinajstić information content (AvgIpc) is 2.04. The van der Waals surface area contributed by atoms with Crippen LogP contribution in [-0.2, 0) is 6.61 Å². The normalized spacial score (nSPS) is 9.55. The summed E-state index contributed by atoms with van der Waals surface area (Å²) in [6.07, 6.45) is 0. The van der Waals surface area contributed by atoms with E-state index in [-0.39, 0.29) is 12.2 Å². The molecule has 0 aliphatic heterocycles. The molecular formula is C8H8O3. The van der Waals surface area contributed by atoms with Crippen LogP contribution in [0.25, 0.3) is 0 Å². The van der Waals surface area contributed by atoms with Crippen molar-refractivity contribution in [2.75, 3.05) is 0 Å². The molecule has 0 aromatic heterocycles. The summed E-state index contributed by atoms with van der Waals surface area (Å²) < 4.78 is 0. The lowest BCUT2D eigenvalue weighted by molar-refractivity contribution is 0.0693. The summed E-state index contributed by atoms with van der Waals surface area (Å²) in [7, 11) is 0. The molecule has 1 rings (SSSR count). The molecule has 2 N–H and O–H groups in total. The van der Waals surface area contributed by atoms with Crippen molar-refractivity contribution in [3.63, 3.8) is 0 Å². The number of carbonyl (C=O) groups is 1. The van der Waals surface area contributed by atoms with Crippen LogP contribution in [0, 0.1) is 0 Å². The molecule has 3 nitrogen and oxygen atoms in total. The zero-order valence-corrected chi connectivity index (χ0v) is 5.82. The Morgan fingerprint density at radius 3 is 2.45 bits per heavy atom. The van der Waals surface area contributed by atoms with Gasteiger partial charge in [-0.2, -0.15) is 0 Å². The minimum Gasteiger partial charge on any atom is -0.478 e. The summed E-state index contributed by atoms with van der Waals surface area (Å²) in [6, 6.07) is 6.37. The second-order valence-corrected chi connectivity index (χ2v) is 2.12. The van der Waals surface area contributed by atoms with E-state index in [1.165, 1.54) is 6.07 Å². The number of hydrogen-bond acceptors (Lipinski definition) is 2. The summed E-state index contributed by atoms with van der Waals surface area (Å²) in [6.45, 7) is -0.234. The summed E-state index contributed by atoms with van der Waals surface area (Å²) in [5, 5.41) is 17.3. The van der Waals surface area contributed by atoms with Gasteiger partial charge in [-0.25, -0.2) is 4.79 Å². The van der Waals surface area contributed by atoms with Crippen molar-refractivity contribution in [2.45, 2.75) is 6.61 Å². The van der Waals surface area contributed by atoms with Gasteiger partial charge in [0.2, 0.25) is 0 Å². The molecule has 0 unspecified atom stereocenters. The van der Waals surface area contributed by atoms with E-state index in [2.05, 4.69) is 0 Å². The van der Waals surface area contributed by atoms with Crippen molar-refractivity contribution in [3.05, 3.63) is 35.4 Å². The van der Waals surface area contributed by atoms with Crippen LogP contribution in [0.1, 0.15) is 15.9 Å². The number of rotatable bonds is 2. The quantitative estimate of drug-likeness (QED) is 0.661. The van der Waals surface area contributed by atoms with E-state index in [4.69, 9.17) is 10.2 Å². The maximum Gasteiger partial charge on any atom is 0.336 e. The fourth-order valence-electron chi connectivity index (χ4n) is 0.867. The summed E-state index contributed by atoms with van der Waals surface area (Å²) >= 11 is 0. The Hall–Kier alpha value is -1.35. The van der Waals surface area contributed by atoms with Gasteiger partial charge in [0.1, 0.15) is 0 Å². The first-order chi connectivity index (χ1) is 5.25. The minimum atomic E-state index is -1.00. The SMILES string of the molecule is O=C(O)c1ccccc1CO. The van der Waals surface area contributed by atoms with E-state index in [0.29, 0.717) is 5.56 Å². The van der Waals surface area contributed by atoms with Gasteiger partial charge in [0.15, 0.2) is 0 Å². The van der Waals surface area contributed by atoms with Crippen LogP contribution in [-0.4, -0.2) is 16.2 Å². The topological polar surface area (TPSA) is 57.5 Å². The van der Waals surface area contributed by atoms with Gasteiger partial charge < -0.3 is 10.2 Å². The van der Waals surface area contributed by atoms with Crippen LogP contribution >= 0.6 is 0 Å². The van der Waals surface area contributed by atoms with Crippen molar-refractivity contribution >= 4 is 5.97 Å². The van der Waals surface area contributed by atoms with Crippen molar-refractivity contribution in [1.82, 2.24) is 0 Å². The molecule has 58 valence electrons. The Labute approximate surface area is 63.9 Å². The first-order valence-corrected chi connectivity index (χ1v) is 3.17. The van der Waals surface area contributed by atoms with Crippen molar-refractivity contribution in [1.29, 1.82) is 0 Å². The molecule has 0 radical (unpaired) electrons. The summed E-state index contributed by atoms with van der Waals surface area (Å²) in [5.41, 5.74) is 0.606. The van der Waals surface area contributed by atoms with E-state index in [0.717, 1.165) is 0 Å². The van der Waals surface area contributed by atoms with E-state index >= 15 is 0 Å². The minimum absolute atomic E-state index is 0.162. The van der Waals surface area contributed by atoms with Gasteiger partial charge in [0.25, 0.3) is 0 Å². The lowest BCUT2D eigenvalue weighted by atomic mass is 10.1. The number of hydrogen-bond donors (Lipinski definition) is 2. The molecule has 0 fully saturated rings. The molecule has 0 aliphatic rings. The van der Waals surface area contributed by atoms with Gasteiger partial charge >= 0.3 is 5.97 Å². The number of benzene rings is 1. The highest BCUT2D eigenvalue weighted by Gasteiger charge is 2.06. The lowest BCUT2D eigenvalue weighted by Crippen LogP contribution is -2.01. The number of aliphatic hydroxyl groups is 1. The number of aliphatic hydroxyl groups excluding tert-OH is 1. The third-order valence-electron chi connectivity index (χ3n) is 1.42. The Balaban J connectivity index is 3.12. The molecule has 0 aliphatic carbocycles. The molecule has 0 heterocycles. The molecular weight excluding hydrogens is 144 g/mol. The van der Waals surface area contributed by atoms with E-state index in [9.17, 15) is 4.79 Å². The smallest absolute Gasteiger partial charge is 0.336 e. The highest BCUT2D eigenvalue weighted by atomic mass is 16.4. The van der Waals surface area contributed by atoms with Crippen LogP contribution in [0.2, 0.25) is 0 Å². The number of carboxylic acids is 1. The zero-order valence-electron chi connectivity index (χ0n) is 5.82. The molecule has 1 aromatic carbocycles. The first-order valence-electron chi connectivity index (χ1n) is 3.17. The number of aromatic carboxylic acids is 1. The van der Waals surface area contributed by atoms with Gasteiger partial charge in [0.05, 0.1) is 12.2 Å². The van der Waals surface area contributed by atoms with E-state index in [1.807, 2.05) is 0 Å². The standard InChI is InChI=1S/C8H8O3/c9-5-6-3-1-2-4-7(6)8(10)11/h1-4,9H,5H2,(H,10,11). The van der Waals surface area contributed by atoms with Crippen molar-refractivity contribution < 1.29 is 15.0 Å². The predicted octanol–water partition coefficient (Wildman–Crippen LogP) is 0.877. The Morgan fingerprint density at radius 1 is 1.36 bits per heavy atom. The monoisotopic (exact) mass is 152 g/mol. The third kappa shape index (κ3) is 1.56. The molecule has 0 atom stereocenters. The van der Waals surface area contributed by atoms with Gasteiger partial charge in [-0.1, -0.05) is 18.2 Å². The Morgan fingerprint density at radius 2 is 2.00 bits per heavy atom. The van der Waals surface area contributed by atoms with Crippen molar-refractivity contribution in [3.8, 4) is 0 Å². The molecule has 0 bridgehead atoms. The highest BCUT2D eigenvalue weighted by molar-refractivity contribution is 5.89. The molecule has 3 heteroatoms. The maximum atomic E-state index is 10.5. The molecule has 0 saturated heterocycles. The van der Waals surface area contributed by atoms with Crippen LogP contribution < -0.4 is 0 Å². The lowest BCUT2D eigenvalue weighted by Gasteiger charge is -1.99. The van der Waals surface area contributed by atoms with Gasteiger partial charge in [0, 0.05) is 0 Å². The van der Waals surface area contributed by atoms with Crippen molar-refractivity contribution in [2.24, 2.45) is 0 Å². The van der Waals surface area contributed by atoms with Crippen LogP contribution in [0.3, 0.4) is 0 Å². The Bertz CT molecular complexity index is 268. The molecule has 1 aromatic rings. The van der Waals surface area contributed by atoms with Crippen LogP contribution in [0.4, 0.5) is 0 Å². The maximum absolute atomic E-state index is 10.5. The number of carboxylic acid groups (broad SMARTS) is 1. The molecule has 0 saturated carbocycles. The van der Waals surface area contributed by atoms with Crippen LogP contribution in [0.15, 0.2) is 24.3 Å². The fraction of sp³-hybridized carbons (Fsp3) is 0.125. The second kappa shape index (κ2) is 3.16. The molecule has 0 amide bonds. The van der Waals surface area contributed by atoms with Gasteiger partial charge in [-0.05, 0) is 11.6 Å². The molecule has 11 heavy (non-hydrogen) atoms. The summed E-state index contributed by atoms with van der Waals surface area (Å²) in [4.78, 5) is 10.5. The van der Waals surface area contributed by atoms with Gasteiger partial charge in [-0.15, -0.1) is 0 Å². The Kier molecular flexibility index (Phi) is 2.23. The third-order valence-corrected chi connectivity index (χ3v) is 1.42. The zero-order chi connectivity index (χ0) is 8.27. The van der Waals surface area contributed by atoms with E-state index < -0.39 is 5.97 Å².